The fraction of sp³-hybridized carbons (Fsp3) is 0.267. The Morgan fingerprint density at radius 2 is 2.00 bits per heavy atom. The summed E-state index contributed by atoms with van der Waals surface area (Å²) in [5.41, 5.74) is 2.26. The van der Waals surface area contributed by atoms with Crippen LogP contribution in [0.4, 0.5) is 5.69 Å². The quantitative estimate of drug-likeness (QED) is 0.795. The summed E-state index contributed by atoms with van der Waals surface area (Å²) < 4.78 is 0. The minimum absolute atomic E-state index is 0.0241. The monoisotopic (exact) mass is 274 g/mol. The zero-order chi connectivity index (χ0) is 13.5. The third-order valence-electron chi connectivity index (χ3n) is 2.77. The van der Waals surface area contributed by atoms with Crippen molar-refractivity contribution in [3.8, 4) is 0 Å². The number of rotatable bonds is 6. The lowest BCUT2D eigenvalue weighted by Crippen LogP contribution is -2.17. The largest absolute Gasteiger partial charge is 0.325 e. The number of carbonyl (C=O) groups excluding carboxylic acids is 1. The third-order valence-corrected chi connectivity index (χ3v) is 3.70. The molecule has 0 aliphatic carbocycles. The van der Waals surface area contributed by atoms with E-state index in [1.807, 2.05) is 17.5 Å². The molecule has 0 saturated carbocycles. The fourth-order valence-electron chi connectivity index (χ4n) is 1.86. The van der Waals surface area contributed by atoms with Gasteiger partial charge in [-0.05, 0) is 30.0 Å². The number of amides is 1. The van der Waals surface area contributed by atoms with Crippen LogP contribution in [0.15, 0.2) is 41.8 Å². The molecule has 1 aromatic heterocycles. The van der Waals surface area contributed by atoms with Crippen LogP contribution in [0, 0.1) is 0 Å². The maximum absolute atomic E-state index is 11.1. The van der Waals surface area contributed by atoms with E-state index in [9.17, 15) is 4.79 Å². The second-order valence-corrected chi connectivity index (χ2v) is 5.35. The Bertz CT molecular complexity index is 522. The summed E-state index contributed by atoms with van der Waals surface area (Å²) in [5.74, 6) is -0.0241. The molecule has 0 unspecified atom stereocenters. The van der Waals surface area contributed by atoms with Gasteiger partial charge in [-0.25, -0.2) is 0 Å². The Morgan fingerprint density at radius 1 is 1.21 bits per heavy atom. The Kier molecular flexibility index (Phi) is 5.12. The first-order valence-electron chi connectivity index (χ1n) is 6.34. The van der Waals surface area contributed by atoms with Crippen molar-refractivity contribution in [2.45, 2.75) is 19.9 Å². The predicted octanol–water partition coefficient (Wildman–Crippen LogP) is 3.04. The fourth-order valence-corrected chi connectivity index (χ4v) is 2.66. The molecule has 19 heavy (non-hydrogen) atoms. The predicted molar refractivity (Wildman–Crippen MR) is 80.5 cm³/mol. The van der Waals surface area contributed by atoms with Crippen molar-refractivity contribution >= 4 is 22.9 Å². The topological polar surface area (TPSA) is 41.1 Å². The van der Waals surface area contributed by atoms with Gasteiger partial charge in [0.05, 0.1) is 5.69 Å². The SMILES string of the molecule is CC(=O)Nc1ccsc1CNCCc1ccccc1. The first kappa shape index (κ1) is 13.8. The number of hydrogen-bond donors (Lipinski definition) is 2. The van der Waals surface area contributed by atoms with Gasteiger partial charge in [0.2, 0.25) is 5.91 Å². The minimum Gasteiger partial charge on any atom is -0.325 e. The number of hydrogen-bond acceptors (Lipinski definition) is 3. The van der Waals surface area contributed by atoms with E-state index < -0.39 is 0 Å². The van der Waals surface area contributed by atoms with Crippen LogP contribution in [0.5, 0.6) is 0 Å². The molecule has 4 heteroatoms. The normalized spacial score (nSPS) is 10.4. The summed E-state index contributed by atoms with van der Waals surface area (Å²) in [5, 5.41) is 8.25. The van der Waals surface area contributed by atoms with Crippen molar-refractivity contribution in [3.05, 3.63) is 52.2 Å². The summed E-state index contributed by atoms with van der Waals surface area (Å²) in [6.45, 7) is 3.26. The van der Waals surface area contributed by atoms with Gasteiger partial charge in [0.15, 0.2) is 0 Å². The zero-order valence-corrected chi connectivity index (χ0v) is 11.8. The molecule has 0 saturated heterocycles. The van der Waals surface area contributed by atoms with E-state index >= 15 is 0 Å². The van der Waals surface area contributed by atoms with Crippen LogP contribution >= 0.6 is 11.3 Å². The highest BCUT2D eigenvalue weighted by Gasteiger charge is 2.04. The summed E-state index contributed by atoms with van der Waals surface area (Å²) in [6.07, 6.45) is 1.02. The Morgan fingerprint density at radius 3 is 2.74 bits per heavy atom. The Labute approximate surface area is 117 Å². The molecule has 2 N–H and O–H groups in total. The highest BCUT2D eigenvalue weighted by molar-refractivity contribution is 7.10. The molecule has 1 amide bonds. The van der Waals surface area contributed by atoms with Gasteiger partial charge in [-0.3, -0.25) is 4.79 Å². The van der Waals surface area contributed by atoms with E-state index in [1.165, 1.54) is 17.4 Å². The van der Waals surface area contributed by atoms with Crippen LogP contribution in [-0.4, -0.2) is 12.5 Å². The second kappa shape index (κ2) is 7.07. The lowest BCUT2D eigenvalue weighted by molar-refractivity contribution is -0.114. The first-order chi connectivity index (χ1) is 9.25. The van der Waals surface area contributed by atoms with Crippen molar-refractivity contribution in [1.29, 1.82) is 0 Å². The lowest BCUT2D eigenvalue weighted by atomic mass is 10.1. The van der Waals surface area contributed by atoms with Crippen LogP contribution in [0.1, 0.15) is 17.4 Å². The number of nitrogens with one attached hydrogen (secondary N) is 2. The standard InChI is InChI=1S/C15H18N2OS/c1-12(18)17-14-8-10-19-15(14)11-16-9-7-13-5-3-2-4-6-13/h2-6,8,10,16H,7,9,11H2,1H3,(H,17,18). The molecular formula is C15H18N2OS. The molecule has 3 nitrogen and oxygen atoms in total. The Hall–Kier alpha value is -1.65. The van der Waals surface area contributed by atoms with E-state index in [0.717, 1.165) is 25.2 Å². The molecule has 0 atom stereocenters. The Balaban J connectivity index is 1.77. The van der Waals surface area contributed by atoms with Crippen molar-refractivity contribution in [2.24, 2.45) is 0 Å². The highest BCUT2D eigenvalue weighted by atomic mass is 32.1. The summed E-state index contributed by atoms with van der Waals surface area (Å²) >= 11 is 1.66. The van der Waals surface area contributed by atoms with Crippen molar-refractivity contribution < 1.29 is 4.79 Å². The van der Waals surface area contributed by atoms with Crippen LogP contribution in [0.3, 0.4) is 0 Å². The first-order valence-corrected chi connectivity index (χ1v) is 7.22. The third kappa shape index (κ3) is 4.50. The van der Waals surface area contributed by atoms with E-state index in [4.69, 9.17) is 0 Å². The van der Waals surface area contributed by atoms with Crippen LogP contribution < -0.4 is 10.6 Å². The molecule has 0 fully saturated rings. The summed E-state index contributed by atoms with van der Waals surface area (Å²) in [7, 11) is 0. The molecular weight excluding hydrogens is 256 g/mol. The lowest BCUT2D eigenvalue weighted by Gasteiger charge is -2.06. The average Bonchev–Trinajstić information content (AvgIpc) is 2.82. The van der Waals surface area contributed by atoms with Gasteiger partial charge < -0.3 is 10.6 Å². The second-order valence-electron chi connectivity index (χ2n) is 4.35. The molecule has 0 aliphatic rings. The smallest absolute Gasteiger partial charge is 0.221 e. The molecule has 0 spiro atoms. The minimum atomic E-state index is -0.0241. The van der Waals surface area contributed by atoms with Gasteiger partial charge in [-0.15, -0.1) is 11.3 Å². The van der Waals surface area contributed by atoms with Crippen LogP contribution in [0.25, 0.3) is 0 Å². The molecule has 2 rings (SSSR count). The number of anilines is 1. The molecule has 2 aromatic rings. The average molecular weight is 274 g/mol. The van der Waals surface area contributed by atoms with E-state index in [0.29, 0.717) is 0 Å². The van der Waals surface area contributed by atoms with Gasteiger partial charge in [0.25, 0.3) is 0 Å². The van der Waals surface area contributed by atoms with Gasteiger partial charge >= 0.3 is 0 Å². The number of carbonyl (C=O) groups is 1. The van der Waals surface area contributed by atoms with Crippen molar-refractivity contribution in [1.82, 2.24) is 5.32 Å². The van der Waals surface area contributed by atoms with Crippen LogP contribution in [0.2, 0.25) is 0 Å². The molecule has 0 radical (unpaired) electrons. The van der Waals surface area contributed by atoms with Gasteiger partial charge in [-0.2, -0.15) is 0 Å². The summed E-state index contributed by atoms with van der Waals surface area (Å²) in [4.78, 5) is 12.2. The van der Waals surface area contributed by atoms with E-state index in [2.05, 4.69) is 34.9 Å². The highest BCUT2D eigenvalue weighted by Crippen LogP contribution is 2.21. The van der Waals surface area contributed by atoms with Gasteiger partial charge in [0, 0.05) is 18.3 Å². The molecule has 1 aromatic carbocycles. The van der Waals surface area contributed by atoms with Gasteiger partial charge in [0.1, 0.15) is 0 Å². The maximum atomic E-state index is 11.1. The number of thiophene rings is 1. The molecule has 100 valence electrons. The molecule has 0 bridgehead atoms. The number of benzene rings is 1. The van der Waals surface area contributed by atoms with Crippen molar-refractivity contribution in [2.75, 3.05) is 11.9 Å². The van der Waals surface area contributed by atoms with E-state index in [-0.39, 0.29) is 5.91 Å². The molecule has 1 heterocycles. The molecule has 0 aliphatic heterocycles. The maximum Gasteiger partial charge on any atom is 0.221 e. The summed E-state index contributed by atoms with van der Waals surface area (Å²) in [6, 6.07) is 12.4. The van der Waals surface area contributed by atoms with Gasteiger partial charge in [-0.1, -0.05) is 30.3 Å². The zero-order valence-electron chi connectivity index (χ0n) is 11.0. The van der Waals surface area contributed by atoms with E-state index in [1.54, 1.807) is 11.3 Å². The van der Waals surface area contributed by atoms with Crippen molar-refractivity contribution in [3.63, 3.8) is 0 Å². The van der Waals surface area contributed by atoms with Crippen LogP contribution in [-0.2, 0) is 17.8 Å².